The zero-order chi connectivity index (χ0) is 18.4. The fourth-order valence-corrected chi connectivity index (χ4v) is 3.27. The van der Waals surface area contributed by atoms with Crippen molar-refractivity contribution in [2.24, 2.45) is 5.92 Å². The van der Waals surface area contributed by atoms with Crippen molar-refractivity contribution < 1.29 is 9.59 Å². The van der Waals surface area contributed by atoms with Crippen molar-refractivity contribution in [2.45, 2.75) is 12.8 Å². The molecule has 1 heterocycles. The van der Waals surface area contributed by atoms with Crippen LogP contribution in [0.25, 0.3) is 6.08 Å². The quantitative estimate of drug-likeness (QED) is 0.759. The Hall–Kier alpha value is -2.40. The van der Waals surface area contributed by atoms with Gasteiger partial charge in [-0.15, -0.1) is 0 Å². The van der Waals surface area contributed by atoms with Crippen molar-refractivity contribution in [1.82, 2.24) is 4.90 Å². The summed E-state index contributed by atoms with van der Waals surface area (Å²) in [6.45, 7) is 1.15. The Kier molecular flexibility index (Phi) is 6.23. The lowest BCUT2D eigenvalue weighted by atomic mass is 9.97. The number of benzene rings is 2. The van der Waals surface area contributed by atoms with E-state index in [0.717, 1.165) is 28.6 Å². The summed E-state index contributed by atoms with van der Waals surface area (Å²) in [5.74, 6) is -0.246. The third-order valence-corrected chi connectivity index (χ3v) is 4.96. The van der Waals surface area contributed by atoms with Gasteiger partial charge in [-0.3, -0.25) is 9.59 Å². The van der Waals surface area contributed by atoms with Crippen LogP contribution >= 0.6 is 15.9 Å². The highest BCUT2D eigenvalue weighted by Crippen LogP contribution is 2.19. The number of anilines is 1. The Bertz CT molecular complexity index is 787. The first-order valence-corrected chi connectivity index (χ1v) is 9.49. The molecule has 0 aromatic heterocycles. The normalized spacial score (nSPS) is 17.3. The number of piperidine rings is 1. The summed E-state index contributed by atoms with van der Waals surface area (Å²) < 4.78 is 1.00. The molecule has 4 nitrogen and oxygen atoms in total. The zero-order valence-electron chi connectivity index (χ0n) is 14.4. The topological polar surface area (TPSA) is 49.4 Å². The summed E-state index contributed by atoms with van der Waals surface area (Å²) >= 11 is 3.39. The second-order valence-electron chi connectivity index (χ2n) is 6.36. The maximum Gasteiger partial charge on any atom is 0.246 e. The van der Waals surface area contributed by atoms with Crippen LogP contribution in [0, 0.1) is 5.92 Å². The minimum atomic E-state index is -0.172. The molecule has 2 amide bonds. The monoisotopic (exact) mass is 412 g/mol. The molecule has 0 radical (unpaired) electrons. The molecule has 2 aromatic carbocycles. The first-order valence-electron chi connectivity index (χ1n) is 8.70. The third-order valence-electron chi connectivity index (χ3n) is 4.43. The molecule has 134 valence electrons. The molecule has 0 aliphatic carbocycles. The van der Waals surface area contributed by atoms with E-state index < -0.39 is 0 Å². The largest absolute Gasteiger partial charge is 0.338 e. The maximum atomic E-state index is 12.5. The van der Waals surface area contributed by atoms with Gasteiger partial charge in [-0.1, -0.05) is 46.3 Å². The van der Waals surface area contributed by atoms with Gasteiger partial charge in [-0.05, 0) is 48.7 Å². The summed E-state index contributed by atoms with van der Waals surface area (Å²) in [4.78, 5) is 26.7. The number of halogens is 1. The molecule has 26 heavy (non-hydrogen) atoms. The van der Waals surface area contributed by atoms with Crippen LogP contribution in [0.3, 0.4) is 0 Å². The van der Waals surface area contributed by atoms with Crippen molar-refractivity contribution >= 4 is 39.5 Å². The number of hydrogen-bond acceptors (Lipinski definition) is 2. The molecule has 3 rings (SSSR count). The standard InChI is InChI=1S/C21H21BrN2O2/c22-18-11-8-16(9-12-18)10-13-20(25)24-14-4-5-17(15-24)21(26)23-19-6-2-1-3-7-19/h1-3,6-13,17H,4-5,14-15H2,(H,23,26)/b13-10+. The van der Waals surface area contributed by atoms with Crippen molar-refractivity contribution in [1.29, 1.82) is 0 Å². The molecular formula is C21H21BrN2O2. The Morgan fingerprint density at radius 2 is 1.81 bits per heavy atom. The van der Waals surface area contributed by atoms with Crippen LogP contribution in [0.4, 0.5) is 5.69 Å². The SMILES string of the molecule is O=C(Nc1ccccc1)C1CCCN(C(=O)/C=C/c2ccc(Br)cc2)C1. The average Bonchev–Trinajstić information content (AvgIpc) is 2.68. The Morgan fingerprint density at radius 1 is 1.08 bits per heavy atom. The molecule has 1 saturated heterocycles. The summed E-state index contributed by atoms with van der Waals surface area (Å²) in [5.41, 5.74) is 1.76. The van der Waals surface area contributed by atoms with Crippen LogP contribution in [0.1, 0.15) is 18.4 Å². The zero-order valence-corrected chi connectivity index (χ0v) is 16.0. The van der Waals surface area contributed by atoms with Crippen molar-refractivity contribution in [2.75, 3.05) is 18.4 Å². The molecule has 0 spiro atoms. The van der Waals surface area contributed by atoms with E-state index in [-0.39, 0.29) is 17.7 Å². The van der Waals surface area contributed by atoms with Gasteiger partial charge < -0.3 is 10.2 Å². The first kappa shape index (κ1) is 18.4. The van der Waals surface area contributed by atoms with Crippen LogP contribution in [0.2, 0.25) is 0 Å². The lowest BCUT2D eigenvalue weighted by molar-refractivity contribution is -0.130. The van der Waals surface area contributed by atoms with Gasteiger partial charge >= 0.3 is 0 Å². The minimum absolute atomic E-state index is 0.0226. The van der Waals surface area contributed by atoms with Crippen LogP contribution in [-0.2, 0) is 9.59 Å². The third kappa shape index (κ3) is 5.05. The van der Waals surface area contributed by atoms with E-state index in [0.29, 0.717) is 13.1 Å². The fourth-order valence-electron chi connectivity index (χ4n) is 3.00. The highest BCUT2D eigenvalue weighted by Gasteiger charge is 2.27. The van der Waals surface area contributed by atoms with Gasteiger partial charge in [-0.25, -0.2) is 0 Å². The van der Waals surface area contributed by atoms with E-state index in [1.807, 2.05) is 60.7 Å². The number of nitrogens with zero attached hydrogens (tertiary/aromatic N) is 1. The second kappa shape index (κ2) is 8.81. The Labute approximate surface area is 162 Å². The molecule has 1 atom stereocenters. The van der Waals surface area contributed by atoms with Gasteiger partial charge in [0, 0.05) is 29.3 Å². The highest BCUT2D eigenvalue weighted by atomic mass is 79.9. The number of rotatable bonds is 4. The Balaban J connectivity index is 1.57. The van der Waals surface area contributed by atoms with Gasteiger partial charge in [0.15, 0.2) is 0 Å². The number of likely N-dealkylation sites (tertiary alicyclic amines) is 1. The molecule has 0 saturated carbocycles. The number of carbonyl (C=O) groups excluding carboxylic acids is 2. The molecule has 1 N–H and O–H groups in total. The van der Waals surface area contributed by atoms with E-state index in [1.165, 1.54) is 0 Å². The van der Waals surface area contributed by atoms with Crippen molar-refractivity contribution in [3.05, 3.63) is 70.7 Å². The first-order chi connectivity index (χ1) is 12.6. The molecule has 0 bridgehead atoms. The summed E-state index contributed by atoms with van der Waals surface area (Å²) in [6.07, 6.45) is 5.03. The van der Waals surface area contributed by atoms with Gasteiger partial charge in [0.25, 0.3) is 0 Å². The lowest BCUT2D eigenvalue weighted by Crippen LogP contribution is -2.43. The minimum Gasteiger partial charge on any atom is -0.338 e. The van der Waals surface area contributed by atoms with E-state index in [4.69, 9.17) is 0 Å². The summed E-state index contributed by atoms with van der Waals surface area (Å²) in [6, 6.07) is 17.2. The van der Waals surface area contributed by atoms with E-state index in [1.54, 1.807) is 11.0 Å². The molecule has 2 aromatic rings. The molecule has 1 unspecified atom stereocenters. The smallest absolute Gasteiger partial charge is 0.246 e. The predicted molar refractivity (Wildman–Crippen MR) is 108 cm³/mol. The van der Waals surface area contributed by atoms with Gasteiger partial charge in [0.2, 0.25) is 11.8 Å². The van der Waals surface area contributed by atoms with Gasteiger partial charge in [0.1, 0.15) is 0 Å². The highest BCUT2D eigenvalue weighted by molar-refractivity contribution is 9.10. The molecular weight excluding hydrogens is 392 g/mol. The van der Waals surface area contributed by atoms with E-state index in [2.05, 4.69) is 21.2 Å². The van der Waals surface area contributed by atoms with E-state index >= 15 is 0 Å². The van der Waals surface area contributed by atoms with Crippen LogP contribution in [0.5, 0.6) is 0 Å². The maximum absolute atomic E-state index is 12.5. The average molecular weight is 413 g/mol. The predicted octanol–water partition coefficient (Wildman–Crippen LogP) is 4.34. The van der Waals surface area contributed by atoms with Crippen LogP contribution < -0.4 is 5.32 Å². The van der Waals surface area contributed by atoms with E-state index in [9.17, 15) is 9.59 Å². The van der Waals surface area contributed by atoms with Crippen LogP contribution in [-0.4, -0.2) is 29.8 Å². The number of nitrogens with one attached hydrogen (secondary N) is 1. The summed E-state index contributed by atoms with van der Waals surface area (Å²) in [5, 5.41) is 2.93. The van der Waals surface area contributed by atoms with Gasteiger partial charge in [-0.2, -0.15) is 0 Å². The molecule has 1 fully saturated rings. The van der Waals surface area contributed by atoms with Crippen molar-refractivity contribution in [3.63, 3.8) is 0 Å². The molecule has 1 aliphatic rings. The van der Waals surface area contributed by atoms with Crippen molar-refractivity contribution in [3.8, 4) is 0 Å². The fraction of sp³-hybridized carbons (Fsp3) is 0.238. The number of para-hydroxylation sites is 1. The van der Waals surface area contributed by atoms with Gasteiger partial charge in [0.05, 0.1) is 5.92 Å². The number of carbonyl (C=O) groups is 2. The molecule has 5 heteroatoms. The summed E-state index contributed by atoms with van der Waals surface area (Å²) in [7, 11) is 0. The number of amides is 2. The number of hydrogen-bond donors (Lipinski definition) is 1. The molecule has 1 aliphatic heterocycles. The lowest BCUT2D eigenvalue weighted by Gasteiger charge is -2.31. The second-order valence-corrected chi connectivity index (χ2v) is 7.28. The Morgan fingerprint density at radius 3 is 2.54 bits per heavy atom. The van der Waals surface area contributed by atoms with Crippen LogP contribution in [0.15, 0.2) is 65.1 Å².